The van der Waals surface area contributed by atoms with Gasteiger partial charge in [-0.3, -0.25) is 0 Å². The Balaban J connectivity index is 3.37. The van der Waals surface area contributed by atoms with E-state index >= 15 is 0 Å². The normalized spacial score (nSPS) is 18.0. The van der Waals surface area contributed by atoms with E-state index in [0.29, 0.717) is 6.42 Å². The van der Waals surface area contributed by atoms with Crippen molar-refractivity contribution in [2.45, 2.75) is 32.4 Å². The van der Waals surface area contributed by atoms with Crippen LogP contribution < -0.4 is 5.73 Å². The fraction of sp³-hybridized carbons (Fsp3) is 1.00. The van der Waals surface area contributed by atoms with Crippen LogP contribution in [-0.4, -0.2) is 12.2 Å². The Morgan fingerprint density at radius 1 is 1.62 bits per heavy atom. The van der Waals surface area contributed by atoms with Gasteiger partial charge in [-0.25, -0.2) is 4.39 Å². The van der Waals surface area contributed by atoms with Crippen LogP contribution in [0.2, 0.25) is 0 Å². The van der Waals surface area contributed by atoms with E-state index in [0.717, 1.165) is 6.42 Å². The topological polar surface area (TPSA) is 26.0 Å². The van der Waals surface area contributed by atoms with Crippen LogP contribution in [0.15, 0.2) is 0 Å². The van der Waals surface area contributed by atoms with Crippen molar-refractivity contribution in [2.75, 3.05) is 6.54 Å². The van der Waals surface area contributed by atoms with E-state index < -0.39 is 5.67 Å². The molecular weight excluding hydrogens is 105 g/mol. The summed E-state index contributed by atoms with van der Waals surface area (Å²) in [5.41, 5.74) is 3.99. The maximum Gasteiger partial charge on any atom is 0.120 e. The highest BCUT2D eigenvalue weighted by atomic mass is 19.1. The summed E-state index contributed by atoms with van der Waals surface area (Å²) < 4.78 is 12.7. The van der Waals surface area contributed by atoms with Crippen molar-refractivity contribution in [1.82, 2.24) is 0 Å². The number of hydrogen-bond donors (Lipinski definition) is 1. The van der Waals surface area contributed by atoms with E-state index in [-0.39, 0.29) is 6.54 Å². The van der Waals surface area contributed by atoms with Crippen molar-refractivity contribution in [2.24, 2.45) is 5.73 Å². The molecule has 0 spiro atoms. The van der Waals surface area contributed by atoms with E-state index in [4.69, 9.17) is 5.73 Å². The Hall–Kier alpha value is -0.110. The first-order valence-electron chi connectivity index (χ1n) is 3.01. The van der Waals surface area contributed by atoms with Gasteiger partial charge in [-0.1, -0.05) is 13.3 Å². The lowest BCUT2D eigenvalue weighted by molar-refractivity contribution is 0.184. The van der Waals surface area contributed by atoms with Gasteiger partial charge in [0.25, 0.3) is 0 Å². The summed E-state index contributed by atoms with van der Waals surface area (Å²) in [6.45, 7) is 3.63. The Kier molecular flexibility index (Phi) is 2.98. The second-order valence-corrected chi connectivity index (χ2v) is 2.37. The van der Waals surface area contributed by atoms with Crippen molar-refractivity contribution in [3.8, 4) is 0 Å². The first kappa shape index (κ1) is 7.89. The van der Waals surface area contributed by atoms with Gasteiger partial charge in [0, 0.05) is 6.54 Å². The van der Waals surface area contributed by atoms with Crippen molar-refractivity contribution in [3.63, 3.8) is 0 Å². The monoisotopic (exact) mass is 119 g/mol. The summed E-state index contributed by atoms with van der Waals surface area (Å²) in [6, 6.07) is 0. The van der Waals surface area contributed by atoms with Gasteiger partial charge < -0.3 is 5.73 Å². The molecule has 2 heteroatoms. The Bertz CT molecular complexity index is 61.5. The molecule has 0 heterocycles. The third-order valence-corrected chi connectivity index (χ3v) is 1.20. The highest BCUT2D eigenvalue weighted by Crippen LogP contribution is 2.14. The Morgan fingerprint density at radius 3 is 2.25 bits per heavy atom. The maximum atomic E-state index is 12.7. The number of nitrogens with two attached hydrogens (primary N) is 1. The van der Waals surface area contributed by atoms with Crippen LogP contribution in [0.3, 0.4) is 0 Å². The minimum Gasteiger partial charge on any atom is -0.328 e. The summed E-state index contributed by atoms with van der Waals surface area (Å²) in [5, 5.41) is 0. The van der Waals surface area contributed by atoms with Crippen molar-refractivity contribution in [1.29, 1.82) is 0 Å². The molecule has 0 fully saturated rings. The lowest BCUT2D eigenvalue weighted by atomic mass is 10.0. The maximum absolute atomic E-state index is 12.7. The number of halogens is 1. The van der Waals surface area contributed by atoms with Gasteiger partial charge in [0.05, 0.1) is 0 Å². The predicted octanol–water partition coefficient (Wildman–Crippen LogP) is 1.47. The van der Waals surface area contributed by atoms with Crippen molar-refractivity contribution < 1.29 is 4.39 Å². The van der Waals surface area contributed by atoms with Gasteiger partial charge in [0.15, 0.2) is 0 Å². The zero-order valence-corrected chi connectivity index (χ0v) is 5.58. The van der Waals surface area contributed by atoms with Crippen LogP contribution in [0.1, 0.15) is 26.7 Å². The first-order valence-corrected chi connectivity index (χ1v) is 3.01. The molecule has 2 N–H and O–H groups in total. The zero-order chi connectivity index (χ0) is 6.62. The highest BCUT2D eigenvalue weighted by molar-refractivity contribution is 4.72. The van der Waals surface area contributed by atoms with E-state index in [1.807, 2.05) is 6.92 Å². The molecule has 0 aromatic rings. The van der Waals surface area contributed by atoms with Gasteiger partial charge in [0.1, 0.15) is 5.67 Å². The molecule has 0 aliphatic carbocycles. The SMILES string of the molecule is CCCC(C)(F)CN. The lowest BCUT2D eigenvalue weighted by Gasteiger charge is -2.15. The largest absolute Gasteiger partial charge is 0.328 e. The summed E-state index contributed by atoms with van der Waals surface area (Å²) in [5.74, 6) is 0. The summed E-state index contributed by atoms with van der Waals surface area (Å²) in [4.78, 5) is 0. The molecule has 0 saturated carbocycles. The van der Waals surface area contributed by atoms with Crippen LogP contribution >= 0.6 is 0 Å². The van der Waals surface area contributed by atoms with Gasteiger partial charge in [-0.05, 0) is 13.3 Å². The quantitative estimate of drug-likeness (QED) is 0.598. The fourth-order valence-electron chi connectivity index (χ4n) is 0.623. The fourth-order valence-corrected chi connectivity index (χ4v) is 0.623. The van der Waals surface area contributed by atoms with Gasteiger partial charge in [-0.15, -0.1) is 0 Å². The lowest BCUT2D eigenvalue weighted by Crippen LogP contribution is -2.28. The minimum atomic E-state index is -1.13. The molecule has 50 valence electrons. The van der Waals surface area contributed by atoms with Crippen LogP contribution in [0.4, 0.5) is 4.39 Å². The molecule has 1 atom stereocenters. The van der Waals surface area contributed by atoms with Crippen LogP contribution in [0.5, 0.6) is 0 Å². The molecule has 1 nitrogen and oxygen atoms in total. The molecule has 0 radical (unpaired) electrons. The molecule has 0 aromatic heterocycles. The Labute approximate surface area is 50.1 Å². The second kappa shape index (κ2) is 3.02. The summed E-state index contributed by atoms with van der Waals surface area (Å²) >= 11 is 0. The second-order valence-electron chi connectivity index (χ2n) is 2.37. The van der Waals surface area contributed by atoms with Crippen molar-refractivity contribution in [3.05, 3.63) is 0 Å². The molecule has 0 bridgehead atoms. The molecular formula is C6H14FN. The Morgan fingerprint density at radius 2 is 2.12 bits per heavy atom. The highest BCUT2D eigenvalue weighted by Gasteiger charge is 2.18. The molecule has 0 aliphatic rings. The summed E-state index contributed by atoms with van der Waals surface area (Å²) in [7, 11) is 0. The standard InChI is InChI=1S/C6H14FN/c1-3-4-6(2,7)5-8/h3-5,8H2,1-2H3. The van der Waals surface area contributed by atoms with Gasteiger partial charge in [-0.2, -0.15) is 0 Å². The molecule has 0 aliphatic heterocycles. The van der Waals surface area contributed by atoms with Gasteiger partial charge in [0.2, 0.25) is 0 Å². The average Bonchev–Trinajstić information content (AvgIpc) is 1.67. The van der Waals surface area contributed by atoms with Crippen molar-refractivity contribution >= 4 is 0 Å². The molecule has 0 rings (SSSR count). The van der Waals surface area contributed by atoms with Gasteiger partial charge >= 0.3 is 0 Å². The predicted molar refractivity (Wildman–Crippen MR) is 33.5 cm³/mol. The third kappa shape index (κ3) is 2.97. The smallest absolute Gasteiger partial charge is 0.120 e. The third-order valence-electron chi connectivity index (χ3n) is 1.20. The average molecular weight is 119 g/mol. The minimum absolute atomic E-state index is 0.140. The zero-order valence-electron chi connectivity index (χ0n) is 5.58. The molecule has 1 unspecified atom stereocenters. The van der Waals surface area contributed by atoms with Crippen LogP contribution in [-0.2, 0) is 0 Å². The van der Waals surface area contributed by atoms with Crippen LogP contribution in [0.25, 0.3) is 0 Å². The molecule has 8 heavy (non-hydrogen) atoms. The molecule has 0 saturated heterocycles. The molecule has 0 aromatic carbocycles. The van der Waals surface area contributed by atoms with E-state index in [1.54, 1.807) is 0 Å². The number of rotatable bonds is 3. The number of alkyl halides is 1. The van der Waals surface area contributed by atoms with E-state index in [2.05, 4.69) is 0 Å². The van der Waals surface area contributed by atoms with E-state index in [1.165, 1.54) is 6.92 Å². The molecule has 0 amide bonds. The first-order chi connectivity index (χ1) is 3.62. The van der Waals surface area contributed by atoms with E-state index in [9.17, 15) is 4.39 Å². The van der Waals surface area contributed by atoms with Crippen LogP contribution in [0, 0.1) is 0 Å². The summed E-state index contributed by atoms with van der Waals surface area (Å²) in [6.07, 6.45) is 1.44. The number of hydrogen-bond acceptors (Lipinski definition) is 1.